The topological polar surface area (TPSA) is 55.1 Å². The lowest BCUT2D eigenvalue weighted by Gasteiger charge is -2.25. The van der Waals surface area contributed by atoms with Crippen LogP contribution in [-0.2, 0) is 13.0 Å². The van der Waals surface area contributed by atoms with Crippen LogP contribution in [0, 0.1) is 0 Å². The molecule has 5 heteroatoms. The van der Waals surface area contributed by atoms with E-state index in [1.165, 1.54) is 0 Å². The number of aromatic nitrogens is 3. The first-order valence-corrected chi connectivity index (χ1v) is 6.96. The van der Waals surface area contributed by atoms with Crippen LogP contribution < -0.4 is 4.90 Å². The lowest BCUT2D eigenvalue weighted by molar-refractivity contribution is 0.378. The Bertz CT molecular complexity index is 739. The highest BCUT2D eigenvalue weighted by Gasteiger charge is 2.25. The molecule has 0 bridgehead atoms. The Balaban J connectivity index is 1.70. The first-order chi connectivity index (χ1) is 10.4. The standard InChI is InChI=1S/C16H14N4O/c1-2-5-12(6-3-1)15-13-11-20(10-7-14(13)21-19-15)16-17-8-4-9-18-16/h1-6,8-9H,7,10-11H2. The van der Waals surface area contributed by atoms with Gasteiger partial charge in [0.2, 0.25) is 5.95 Å². The van der Waals surface area contributed by atoms with Crippen molar-refractivity contribution < 1.29 is 4.52 Å². The molecule has 4 rings (SSSR count). The molecule has 0 radical (unpaired) electrons. The van der Waals surface area contributed by atoms with E-state index < -0.39 is 0 Å². The zero-order valence-electron chi connectivity index (χ0n) is 11.4. The summed E-state index contributed by atoms with van der Waals surface area (Å²) in [6, 6.07) is 12.0. The molecule has 0 atom stereocenters. The fourth-order valence-electron chi connectivity index (χ4n) is 2.66. The van der Waals surface area contributed by atoms with Crippen molar-refractivity contribution in [2.45, 2.75) is 13.0 Å². The molecule has 104 valence electrons. The molecule has 2 aromatic heterocycles. The number of benzene rings is 1. The highest BCUT2D eigenvalue weighted by molar-refractivity contribution is 5.64. The minimum Gasteiger partial charge on any atom is -0.360 e. The second-order valence-electron chi connectivity index (χ2n) is 5.02. The third-order valence-electron chi connectivity index (χ3n) is 3.71. The van der Waals surface area contributed by atoms with Gasteiger partial charge in [-0.25, -0.2) is 9.97 Å². The van der Waals surface area contributed by atoms with Crippen LogP contribution in [0.2, 0.25) is 0 Å². The van der Waals surface area contributed by atoms with Crippen molar-refractivity contribution in [2.24, 2.45) is 0 Å². The maximum Gasteiger partial charge on any atom is 0.225 e. The first-order valence-electron chi connectivity index (χ1n) is 6.96. The SMILES string of the molecule is c1ccc(-c2noc3c2CN(c2ncccn2)CC3)cc1. The molecule has 0 fully saturated rings. The molecule has 1 aromatic carbocycles. The van der Waals surface area contributed by atoms with Crippen molar-refractivity contribution in [1.82, 2.24) is 15.1 Å². The Labute approximate surface area is 122 Å². The van der Waals surface area contributed by atoms with Gasteiger partial charge in [-0.15, -0.1) is 0 Å². The van der Waals surface area contributed by atoms with E-state index in [0.29, 0.717) is 0 Å². The van der Waals surface area contributed by atoms with E-state index in [1.807, 2.05) is 24.3 Å². The van der Waals surface area contributed by atoms with Crippen LogP contribution >= 0.6 is 0 Å². The van der Waals surface area contributed by atoms with Crippen molar-refractivity contribution in [1.29, 1.82) is 0 Å². The molecule has 0 spiro atoms. The van der Waals surface area contributed by atoms with E-state index in [0.717, 1.165) is 48.0 Å². The van der Waals surface area contributed by atoms with Gasteiger partial charge >= 0.3 is 0 Å². The molecule has 0 aliphatic carbocycles. The van der Waals surface area contributed by atoms with Gasteiger partial charge in [0, 0.05) is 36.5 Å². The molecule has 0 saturated carbocycles. The molecular weight excluding hydrogens is 264 g/mol. The van der Waals surface area contributed by atoms with Gasteiger partial charge in [0.05, 0.1) is 6.54 Å². The van der Waals surface area contributed by atoms with Gasteiger partial charge in [-0.05, 0) is 6.07 Å². The minimum absolute atomic E-state index is 0.729. The summed E-state index contributed by atoms with van der Waals surface area (Å²) in [6.07, 6.45) is 4.36. The second-order valence-corrected chi connectivity index (χ2v) is 5.02. The van der Waals surface area contributed by atoms with E-state index in [1.54, 1.807) is 12.4 Å². The van der Waals surface area contributed by atoms with Gasteiger partial charge in [-0.2, -0.15) is 0 Å². The van der Waals surface area contributed by atoms with Gasteiger partial charge < -0.3 is 9.42 Å². The Morgan fingerprint density at radius 3 is 2.62 bits per heavy atom. The van der Waals surface area contributed by atoms with Crippen LogP contribution in [-0.4, -0.2) is 21.7 Å². The number of nitrogens with zero attached hydrogens (tertiary/aromatic N) is 4. The maximum atomic E-state index is 5.51. The zero-order chi connectivity index (χ0) is 14.1. The second kappa shape index (κ2) is 5.01. The van der Waals surface area contributed by atoms with Gasteiger partial charge in [0.15, 0.2) is 0 Å². The molecule has 3 heterocycles. The van der Waals surface area contributed by atoms with Crippen molar-refractivity contribution >= 4 is 5.95 Å². The number of hydrogen-bond acceptors (Lipinski definition) is 5. The Morgan fingerprint density at radius 1 is 1.00 bits per heavy atom. The monoisotopic (exact) mass is 278 g/mol. The molecule has 5 nitrogen and oxygen atoms in total. The van der Waals surface area contributed by atoms with Crippen molar-refractivity contribution in [3.05, 3.63) is 60.1 Å². The molecule has 3 aromatic rings. The van der Waals surface area contributed by atoms with Crippen LogP contribution in [0.15, 0.2) is 53.3 Å². The summed E-state index contributed by atoms with van der Waals surface area (Å²) in [7, 11) is 0. The van der Waals surface area contributed by atoms with Crippen LogP contribution in [0.3, 0.4) is 0 Å². The highest BCUT2D eigenvalue weighted by Crippen LogP contribution is 2.30. The molecule has 1 aliphatic heterocycles. The molecule has 0 unspecified atom stereocenters. The fourth-order valence-corrected chi connectivity index (χ4v) is 2.66. The lowest BCUT2D eigenvalue weighted by Crippen LogP contribution is -2.31. The van der Waals surface area contributed by atoms with E-state index in [9.17, 15) is 0 Å². The van der Waals surface area contributed by atoms with Crippen LogP contribution in [0.4, 0.5) is 5.95 Å². The summed E-state index contributed by atoms with van der Waals surface area (Å²) in [4.78, 5) is 10.8. The summed E-state index contributed by atoms with van der Waals surface area (Å²) in [5.74, 6) is 1.73. The average Bonchev–Trinajstić information content (AvgIpc) is 2.99. The van der Waals surface area contributed by atoms with Crippen molar-refractivity contribution in [3.8, 4) is 11.3 Å². The molecule has 21 heavy (non-hydrogen) atoms. The smallest absolute Gasteiger partial charge is 0.225 e. The molecule has 0 amide bonds. The first kappa shape index (κ1) is 12.1. The van der Waals surface area contributed by atoms with E-state index in [4.69, 9.17) is 4.52 Å². The third kappa shape index (κ3) is 2.16. The molecule has 1 aliphatic rings. The highest BCUT2D eigenvalue weighted by atomic mass is 16.5. The summed E-state index contributed by atoms with van der Waals surface area (Å²) in [5, 5.41) is 4.25. The van der Waals surface area contributed by atoms with Crippen LogP contribution in [0.25, 0.3) is 11.3 Å². The predicted molar refractivity (Wildman–Crippen MR) is 78.7 cm³/mol. The van der Waals surface area contributed by atoms with Crippen molar-refractivity contribution in [2.75, 3.05) is 11.4 Å². The van der Waals surface area contributed by atoms with Crippen LogP contribution in [0.1, 0.15) is 11.3 Å². The number of fused-ring (bicyclic) bond motifs is 1. The average molecular weight is 278 g/mol. The summed E-state index contributed by atoms with van der Waals surface area (Å²) in [6.45, 7) is 1.58. The summed E-state index contributed by atoms with van der Waals surface area (Å²) in [5.41, 5.74) is 3.14. The number of anilines is 1. The van der Waals surface area contributed by atoms with Gasteiger partial charge in [0.1, 0.15) is 11.5 Å². The number of hydrogen-bond donors (Lipinski definition) is 0. The summed E-state index contributed by atoms with van der Waals surface area (Å²) < 4.78 is 5.51. The van der Waals surface area contributed by atoms with Gasteiger partial charge in [0.25, 0.3) is 0 Å². The predicted octanol–water partition coefficient (Wildman–Crippen LogP) is 2.69. The third-order valence-corrected chi connectivity index (χ3v) is 3.71. The maximum absolute atomic E-state index is 5.51. The Kier molecular flexibility index (Phi) is 2.88. The minimum atomic E-state index is 0.729. The van der Waals surface area contributed by atoms with Gasteiger partial charge in [-0.3, -0.25) is 0 Å². The molecule has 0 saturated heterocycles. The van der Waals surface area contributed by atoms with Crippen LogP contribution in [0.5, 0.6) is 0 Å². The summed E-state index contributed by atoms with van der Waals surface area (Å²) >= 11 is 0. The normalized spacial score (nSPS) is 14.0. The number of rotatable bonds is 2. The Hall–Kier alpha value is -2.69. The zero-order valence-corrected chi connectivity index (χ0v) is 11.4. The van der Waals surface area contributed by atoms with E-state index in [-0.39, 0.29) is 0 Å². The van der Waals surface area contributed by atoms with E-state index in [2.05, 4.69) is 32.2 Å². The fraction of sp³-hybridized carbons (Fsp3) is 0.188. The molecule has 0 N–H and O–H groups in total. The Morgan fingerprint density at radius 2 is 1.81 bits per heavy atom. The largest absolute Gasteiger partial charge is 0.360 e. The van der Waals surface area contributed by atoms with Gasteiger partial charge in [-0.1, -0.05) is 35.5 Å². The van der Waals surface area contributed by atoms with E-state index >= 15 is 0 Å². The molecular formula is C16H14N4O. The van der Waals surface area contributed by atoms with Crippen molar-refractivity contribution in [3.63, 3.8) is 0 Å². The quantitative estimate of drug-likeness (QED) is 0.721. The lowest BCUT2D eigenvalue weighted by atomic mass is 10.0.